The van der Waals surface area contributed by atoms with E-state index < -0.39 is 0 Å². The van der Waals surface area contributed by atoms with Crippen LogP contribution in [0.3, 0.4) is 0 Å². The third-order valence-electron chi connectivity index (χ3n) is 9.15. The molecule has 230 valence electrons. The van der Waals surface area contributed by atoms with Crippen LogP contribution in [0.5, 0.6) is 40.2 Å². The lowest BCUT2D eigenvalue weighted by molar-refractivity contribution is 0.228. The maximum Gasteiger partial charge on any atom is 0.169 e. The van der Waals surface area contributed by atoms with Crippen LogP contribution >= 0.6 is 0 Å². The van der Waals surface area contributed by atoms with Gasteiger partial charge in [0, 0.05) is 25.2 Å². The molecular weight excluding hydrogens is 556 g/mol. The molecule has 2 aliphatic rings. The van der Waals surface area contributed by atoms with Gasteiger partial charge in [-0.25, -0.2) is 0 Å². The third-order valence-corrected chi connectivity index (χ3v) is 9.15. The quantitative estimate of drug-likeness (QED) is 0.223. The van der Waals surface area contributed by atoms with Gasteiger partial charge in [-0.05, 0) is 122 Å². The molecule has 6 rings (SSSR count). The highest BCUT2D eigenvalue weighted by Gasteiger charge is 2.29. The molecule has 0 spiro atoms. The number of benzene rings is 4. The van der Waals surface area contributed by atoms with Crippen molar-refractivity contribution in [1.82, 2.24) is 9.80 Å². The molecule has 0 bridgehead atoms. The van der Waals surface area contributed by atoms with E-state index in [0.717, 1.165) is 54.6 Å². The Morgan fingerprint density at radius 1 is 0.614 bits per heavy atom. The standard InChI is InChI=1S/C36H40N2O6/c1-37-14-12-25-19-35(43-4)36(21-28(25)29(37)15-22-5-8-26(39)9-6-22)44-33-10-7-23(17-31(33)40)16-30-27-20-32(41)34(42-3)18-24(27)11-13-38(30)2/h5-10,17-21,29-30,39-41H,11-16H2,1-4H3/t29-,30-/m1/s1. The molecule has 8 nitrogen and oxygen atoms in total. The molecule has 0 amide bonds. The summed E-state index contributed by atoms with van der Waals surface area (Å²) in [5.41, 5.74) is 6.72. The number of hydrogen-bond acceptors (Lipinski definition) is 8. The van der Waals surface area contributed by atoms with E-state index in [1.807, 2.05) is 36.4 Å². The van der Waals surface area contributed by atoms with E-state index >= 15 is 0 Å². The highest BCUT2D eigenvalue weighted by atomic mass is 16.5. The summed E-state index contributed by atoms with van der Waals surface area (Å²) >= 11 is 0. The van der Waals surface area contributed by atoms with E-state index in [1.54, 1.807) is 44.6 Å². The minimum Gasteiger partial charge on any atom is -0.508 e. The second-order valence-corrected chi connectivity index (χ2v) is 11.9. The van der Waals surface area contributed by atoms with Crippen LogP contribution in [0.2, 0.25) is 0 Å². The molecule has 8 heteroatoms. The van der Waals surface area contributed by atoms with Gasteiger partial charge in [0.05, 0.1) is 14.2 Å². The number of ether oxygens (including phenoxy) is 3. The third kappa shape index (κ3) is 5.87. The van der Waals surface area contributed by atoms with Crippen LogP contribution in [0.1, 0.15) is 45.5 Å². The van der Waals surface area contributed by atoms with Crippen LogP contribution in [0.15, 0.2) is 66.7 Å². The molecule has 0 aromatic heterocycles. The van der Waals surface area contributed by atoms with E-state index in [1.165, 1.54) is 11.1 Å². The lowest BCUT2D eigenvalue weighted by Gasteiger charge is -2.35. The predicted molar refractivity (Wildman–Crippen MR) is 169 cm³/mol. The van der Waals surface area contributed by atoms with Crippen molar-refractivity contribution in [2.75, 3.05) is 41.4 Å². The minimum atomic E-state index is 0.0463. The van der Waals surface area contributed by atoms with Crippen molar-refractivity contribution < 1.29 is 29.5 Å². The van der Waals surface area contributed by atoms with Gasteiger partial charge in [-0.15, -0.1) is 0 Å². The fourth-order valence-corrected chi connectivity index (χ4v) is 6.59. The molecule has 3 N–H and O–H groups in total. The number of phenols is 3. The first-order valence-electron chi connectivity index (χ1n) is 15.0. The number of methoxy groups -OCH3 is 2. The highest BCUT2D eigenvalue weighted by Crippen LogP contribution is 2.43. The molecule has 0 aliphatic carbocycles. The van der Waals surface area contributed by atoms with Crippen LogP contribution in [-0.2, 0) is 25.7 Å². The maximum atomic E-state index is 11.1. The molecule has 0 radical (unpaired) electrons. The fourth-order valence-electron chi connectivity index (χ4n) is 6.59. The Bertz CT molecular complexity index is 1650. The Morgan fingerprint density at radius 3 is 1.77 bits per heavy atom. The Labute approximate surface area is 258 Å². The van der Waals surface area contributed by atoms with E-state index in [0.29, 0.717) is 29.4 Å². The number of rotatable bonds is 8. The number of phenolic OH excluding ortho intramolecular Hbond substituents is 3. The summed E-state index contributed by atoms with van der Waals surface area (Å²) in [5.74, 6) is 2.45. The molecule has 44 heavy (non-hydrogen) atoms. The van der Waals surface area contributed by atoms with Gasteiger partial charge in [-0.1, -0.05) is 18.2 Å². The second-order valence-electron chi connectivity index (χ2n) is 11.9. The van der Waals surface area contributed by atoms with Crippen LogP contribution < -0.4 is 14.2 Å². The highest BCUT2D eigenvalue weighted by molar-refractivity contribution is 5.54. The second kappa shape index (κ2) is 12.3. The molecular formula is C36H40N2O6. The van der Waals surface area contributed by atoms with Gasteiger partial charge in [-0.2, -0.15) is 0 Å². The Morgan fingerprint density at radius 2 is 1.16 bits per heavy atom. The van der Waals surface area contributed by atoms with E-state index in [-0.39, 0.29) is 29.3 Å². The number of aromatic hydroxyl groups is 3. The van der Waals surface area contributed by atoms with Crippen LogP contribution in [0, 0.1) is 0 Å². The predicted octanol–water partition coefficient (Wildman–Crippen LogP) is 6.16. The summed E-state index contributed by atoms with van der Waals surface area (Å²) in [6.07, 6.45) is 3.23. The van der Waals surface area contributed by atoms with Crippen LogP contribution in [-0.4, -0.2) is 66.5 Å². The molecule has 2 atom stereocenters. The number of likely N-dealkylation sites (N-methyl/N-ethyl adjacent to an activating group) is 2. The smallest absolute Gasteiger partial charge is 0.169 e. The van der Waals surface area contributed by atoms with Crippen molar-refractivity contribution in [2.45, 2.75) is 37.8 Å². The first-order valence-corrected chi connectivity index (χ1v) is 15.0. The summed E-state index contributed by atoms with van der Waals surface area (Å²) in [6, 6.07) is 20.9. The van der Waals surface area contributed by atoms with E-state index in [4.69, 9.17) is 14.2 Å². The lowest BCUT2D eigenvalue weighted by Crippen LogP contribution is -2.33. The molecule has 2 aliphatic heterocycles. The number of nitrogens with zero attached hydrogens (tertiary/aromatic N) is 2. The summed E-state index contributed by atoms with van der Waals surface area (Å²) in [6.45, 7) is 1.81. The largest absolute Gasteiger partial charge is 0.508 e. The monoisotopic (exact) mass is 596 g/mol. The number of hydrogen-bond donors (Lipinski definition) is 3. The molecule has 0 fully saturated rings. The van der Waals surface area contributed by atoms with Gasteiger partial charge < -0.3 is 29.5 Å². The van der Waals surface area contributed by atoms with Gasteiger partial charge in [0.2, 0.25) is 0 Å². The summed E-state index contributed by atoms with van der Waals surface area (Å²) in [5, 5.41) is 31.3. The SMILES string of the molecule is COc1cc2c(cc1O)[C@@H](Cc1ccc(Oc3cc4c(cc3OC)CCN(C)[C@@H]4Cc3ccc(O)cc3)c(O)c1)N(C)CC2. The van der Waals surface area contributed by atoms with E-state index in [2.05, 4.69) is 23.9 Å². The zero-order chi connectivity index (χ0) is 31.0. The van der Waals surface area contributed by atoms with Crippen molar-refractivity contribution in [2.24, 2.45) is 0 Å². The molecule has 0 unspecified atom stereocenters. The average Bonchev–Trinajstić information content (AvgIpc) is 3.02. The van der Waals surface area contributed by atoms with Crippen molar-refractivity contribution >= 4 is 0 Å². The molecule has 2 heterocycles. The van der Waals surface area contributed by atoms with Crippen molar-refractivity contribution in [1.29, 1.82) is 0 Å². The Kier molecular flexibility index (Phi) is 8.29. The first-order chi connectivity index (χ1) is 21.2. The average molecular weight is 597 g/mol. The normalized spacial score (nSPS) is 18.4. The zero-order valence-corrected chi connectivity index (χ0v) is 25.7. The summed E-state index contributed by atoms with van der Waals surface area (Å²) in [7, 11) is 7.41. The Hall–Kier alpha value is -4.40. The van der Waals surface area contributed by atoms with Crippen molar-refractivity contribution in [3.05, 3.63) is 100 Å². The topological polar surface area (TPSA) is 94.9 Å². The molecule has 0 saturated heterocycles. The number of fused-ring (bicyclic) bond motifs is 2. The van der Waals surface area contributed by atoms with Crippen molar-refractivity contribution in [3.8, 4) is 40.2 Å². The summed E-state index contributed by atoms with van der Waals surface area (Å²) in [4.78, 5) is 4.62. The van der Waals surface area contributed by atoms with Gasteiger partial charge in [0.25, 0.3) is 0 Å². The van der Waals surface area contributed by atoms with Gasteiger partial charge in [0.15, 0.2) is 34.5 Å². The molecule has 4 aromatic rings. The van der Waals surface area contributed by atoms with Crippen LogP contribution in [0.4, 0.5) is 0 Å². The van der Waals surface area contributed by atoms with E-state index in [9.17, 15) is 15.3 Å². The van der Waals surface area contributed by atoms with Gasteiger partial charge in [-0.3, -0.25) is 9.80 Å². The van der Waals surface area contributed by atoms with Crippen molar-refractivity contribution in [3.63, 3.8) is 0 Å². The Balaban J connectivity index is 1.25. The molecule has 0 saturated carbocycles. The summed E-state index contributed by atoms with van der Waals surface area (Å²) < 4.78 is 17.4. The fraction of sp³-hybridized carbons (Fsp3) is 0.333. The first kappa shape index (κ1) is 29.7. The van der Waals surface area contributed by atoms with Gasteiger partial charge in [0.1, 0.15) is 5.75 Å². The maximum absolute atomic E-state index is 11.1. The zero-order valence-electron chi connectivity index (χ0n) is 25.7. The lowest BCUT2D eigenvalue weighted by atomic mass is 9.88. The minimum absolute atomic E-state index is 0.0463. The molecule has 4 aromatic carbocycles. The van der Waals surface area contributed by atoms with Crippen LogP contribution in [0.25, 0.3) is 0 Å². The van der Waals surface area contributed by atoms with Gasteiger partial charge >= 0.3 is 0 Å².